The van der Waals surface area contributed by atoms with E-state index in [1.165, 1.54) is 54.1 Å². The van der Waals surface area contributed by atoms with E-state index in [0.717, 1.165) is 6.07 Å². The maximum Gasteiger partial charge on any atom is 0.522 e. The van der Waals surface area contributed by atoms with Crippen molar-refractivity contribution in [3.8, 4) is 23.2 Å². The van der Waals surface area contributed by atoms with Gasteiger partial charge in [-0.1, -0.05) is 24.3 Å². The number of hydrogen-bond acceptors (Lipinski definition) is 7. The number of nitriles is 1. The molecule has 0 aliphatic rings. The number of halogens is 5. The van der Waals surface area contributed by atoms with E-state index in [-0.39, 0.29) is 53.5 Å². The van der Waals surface area contributed by atoms with Gasteiger partial charge in [0.05, 0.1) is 47.6 Å². The Hall–Kier alpha value is -5.35. The standard InChI is InChI=1S/C32H23F5N4O4/c1-43-31(42)22-9-10-27-28(15-22)41(11-12-45-32(35,36)37)29(39-27)16-20-7-8-21(14-25(20)34)26-3-2-4-30(40-26)44-18-23-6-5-19(17-38)13-24(23)33/h2-10,13-15H,11-12,16,18H2,1H3. The van der Waals surface area contributed by atoms with Gasteiger partial charge in [0.15, 0.2) is 0 Å². The number of aromatic nitrogens is 3. The molecule has 5 rings (SSSR count). The SMILES string of the molecule is COC(=O)c1ccc2nc(Cc3ccc(-c4cccc(OCc5ccc(C#N)cc5F)n4)cc3F)n(CCOC(F)(F)F)c2c1. The summed E-state index contributed by atoms with van der Waals surface area (Å²) in [5.74, 6) is -1.41. The largest absolute Gasteiger partial charge is 0.522 e. The molecular weight excluding hydrogens is 599 g/mol. The van der Waals surface area contributed by atoms with E-state index in [4.69, 9.17) is 14.7 Å². The highest BCUT2D eigenvalue weighted by Crippen LogP contribution is 2.26. The zero-order chi connectivity index (χ0) is 32.1. The molecule has 0 bridgehead atoms. The molecule has 0 spiro atoms. The highest BCUT2D eigenvalue weighted by Gasteiger charge is 2.29. The predicted molar refractivity (Wildman–Crippen MR) is 151 cm³/mol. The maximum absolute atomic E-state index is 15.4. The molecule has 0 saturated carbocycles. The van der Waals surface area contributed by atoms with Crippen molar-refractivity contribution in [2.75, 3.05) is 13.7 Å². The Morgan fingerprint density at radius 3 is 2.44 bits per heavy atom. The zero-order valence-corrected chi connectivity index (χ0v) is 23.6. The van der Waals surface area contributed by atoms with E-state index >= 15 is 4.39 Å². The van der Waals surface area contributed by atoms with E-state index in [1.807, 2.05) is 6.07 Å². The summed E-state index contributed by atoms with van der Waals surface area (Å²) in [4.78, 5) is 20.9. The Bertz CT molecular complexity index is 1920. The van der Waals surface area contributed by atoms with Gasteiger partial charge in [0, 0.05) is 30.2 Å². The molecule has 13 heteroatoms. The number of fused-ring (bicyclic) bond motifs is 1. The van der Waals surface area contributed by atoms with Gasteiger partial charge in [0.25, 0.3) is 0 Å². The molecule has 230 valence electrons. The lowest BCUT2D eigenvalue weighted by molar-refractivity contribution is -0.325. The summed E-state index contributed by atoms with van der Waals surface area (Å²) >= 11 is 0. The van der Waals surface area contributed by atoms with Crippen molar-refractivity contribution in [3.63, 3.8) is 0 Å². The summed E-state index contributed by atoms with van der Waals surface area (Å²) in [7, 11) is 1.20. The highest BCUT2D eigenvalue weighted by molar-refractivity contribution is 5.93. The van der Waals surface area contributed by atoms with Gasteiger partial charge in [0.2, 0.25) is 5.88 Å². The average Bonchev–Trinajstić information content (AvgIpc) is 3.36. The molecule has 2 aromatic heterocycles. The van der Waals surface area contributed by atoms with E-state index in [2.05, 4.69) is 14.7 Å². The first kappa shape index (κ1) is 31.1. The number of esters is 1. The number of hydrogen-bond donors (Lipinski definition) is 0. The number of pyridine rings is 1. The van der Waals surface area contributed by atoms with Crippen LogP contribution in [0.25, 0.3) is 22.3 Å². The average molecular weight is 623 g/mol. The Labute approximate surface area is 253 Å². The molecule has 5 aromatic rings. The first-order chi connectivity index (χ1) is 21.5. The van der Waals surface area contributed by atoms with E-state index in [9.17, 15) is 22.4 Å². The van der Waals surface area contributed by atoms with Crippen LogP contribution in [0.4, 0.5) is 22.0 Å². The lowest BCUT2D eigenvalue weighted by Crippen LogP contribution is -2.18. The zero-order valence-electron chi connectivity index (χ0n) is 23.6. The summed E-state index contributed by atoms with van der Waals surface area (Å²) in [5, 5.41) is 8.90. The van der Waals surface area contributed by atoms with Crippen LogP contribution < -0.4 is 4.74 Å². The van der Waals surface area contributed by atoms with Gasteiger partial charge < -0.3 is 14.0 Å². The summed E-state index contributed by atoms with van der Waals surface area (Å²) in [6.45, 7) is -1.14. The molecule has 0 unspecified atom stereocenters. The molecule has 0 saturated heterocycles. The third-order valence-electron chi connectivity index (χ3n) is 6.81. The maximum atomic E-state index is 15.4. The van der Waals surface area contributed by atoms with Crippen LogP contribution in [0.5, 0.6) is 5.88 Å². The number of alkyl halides is 3. The first-order valence-corrected chi connectivity index (χ1v) is 13.4. The second-order valence-electron chi connectivity index (χ2n) is 9.72. The normalized spacial score (nSPS) is 11.4. The second-order valence-corrected chi connectivity index (χ2v) is 9.72. The number of nitrogens with zero attached hydrogens (tertiary/aromatic N) is 4. The van der Waals surface area contributed by atoms with Crippen molar-refractivity contribution in [2.45, 2.75) is 25.9 Å². The molecular formula is C32H23F5N4O4. The summed E-state index contributed by atoms with van der Waals surface area (Å²) in [5.41, 5.74) is 2.35. The first-order valence-electron chi connectivity index (χ1n) is 13.4. The highest BCUT2D eigenvalue weighted by atomic mass is 19.4. The van der Waals surface area contributed by atoms with Gasteiger partial charge >= 0.3 is 12.3 Å². The Kier molecular flexibility index (Phi) is 9.06. The van der Waals surface area contributed by atoms with Gasteiger partial charge in [0.1, 0.15) is 24.1 Å². The molecule has 8 nitrogen and oxygen atoms in total. The van der Waals surface area contributed by atoms with Crippen molar-refractivity contribution >= 4 is 17.0 Å². The smallest absolute Gasteiger partial charge is 0.473 e. The molecule has 0 amide bonds. The van der Waals surface area contributed by atoms with E-state index in [0.29, 0.717) is 22.3 Å². The molecule has 0 aliphatic heterocycles. The minimum Gasteiger partial charge on any atom is -0.473 e. The summed E-state index contributed by atoms with van der Waals surface area (Å²) < 4.78 is 83.4. The van der Waals surface area contributed by atoms with Crippen LogP contribution in [0.1, 0.15) is 32.9 Å². The van der Waals surface area contributed by atoms with E-state index in [1.54, 1.807) is 24.3 Å². The number of methoxy groups -OCH3 is 1. The Morgan fingerprint density at radius 2 is 1.73 bits per heavy atom. The monoisotopic (exact) mass is 622 g/mol. The quantitative estimate of drug-likeness (QED) is 0.126. The fourth-order valence-corrected chi connectivity index (χ4v) is 4.62. The van der Waals surface area contributed by atoms with Crippen molar-refractivity contribution in [3.05, 3.63) is 113 Å². The second kappa shape index (κ2) is 13.1. The molecule has 0 atom stereocenters. The minimum atomic E-state index is -4.84. The fraction of sp³-hybridized carbons (Fsp3) is 0.188. The molecule has 0 fully saturated rings. The molecule has 0 N–H and O–H groups in total. The third-order valence-corrected chi connectivity index (χ3v) is 6.81. The predicted octanol–water partition coefficient (Wildman–Crippen LogP) is 6.74. The lowest BCUT2D eigenvalue weighted by atomic mass is 10.1. The summed E-state index contributed by atoms with van der Waals surface area (Å²) in [6, 6.07) is 19.6. The Morgan fingerprint density at radius 1 is 0.956 bits per heavy atom. The fourth-order valence-electron chi connectivity index (χ4n) is 4.62. The van der Waals surface area contributed by atoms with Crippen LogP contribution in [-0.4, -0.2) is 40.6 Å². The van der Waals surface area contributed by atoms with Gasteiger partial charge in [-0.05, 0) is 48.0 Å². The van der Waals surface area contributed by atoms with Gasteiger partial charge in [-0.15, -0.1) is 13.2 Å². The number of benzene rings is 3. The van der Waals surface area contributed by atoms with Gasteiger partial charge in [-0.25, -0.2) is 23.5 Å². The molecule has 0 radical (unpaired) electrons. The number of carbonyl (C=O) groups is 1. The third kappa shape index (κ3) is 7.42. The topological polar surface area (TPSA) is 99.3 Å². The molecule has 45 heavy (non-hydrogen) atoms. The molecule has 3 aromatic carbocycles. The van der Waals surface area contributed by atoms with Crippen LogP contribution in [0, 0.1) is 23.0 Å². The van der Waals surface area contributed by atoms with Crippen LogP contribution in [0.3, 0.4) is 0 Å². The van der Waals surface area contributed by atoms with Crippen LogP contribution in [0.15, 0.2) is 72.8 Å². The van der Waals surface area contributed by atoms with Crippen molar-refractivity contribution in [1.29, 1.82) is 5.26 Å². The van der Waals surface area contributed by atoms with E-state index < -0.39 is 30.6 Å². The Balaban J connectivity index is 1.37. The van der Waals surface area contributed by atoms with Crippen LogP contribution in [-0.2, 0) is 29.0 Å². The van der Waals surface area contributed by atoms with Crippen LogP contribution >= 0.6 is 0 Å². The number of ether oxygens (including phenoxy) is 3. The summed E-state index contributed by atoms with van der Waals surface area (Å²) in [6.07, 6.45) is -4.92. The van der Waals surface area contributed by atoms with Crippen molar-refractivity contribution in [1.82, 2.24) is 14.5 Å². The molecule has 2 heterocycles. The van der Waals surface area contributed by atoms with Crippen LogP contribution in [0.2, 0.25) is 0 Å². The van der Waals surface area contributed by atoms with Crippen molar-refractivity contribution < 1.29 is 41.0 Å². The van der Waals surface area contributed by atoms with Crippen molar-refractivity contribution in [2.24, 2.45) is 0 Å². The lowest BCUT2D eigenvalue weighted by Gasteiger charge is -2.12. The number of rotatable bonds is 10. The van der Waals surface area contributed by atoms with Gasteiger partial charge in [-0.3, -0.25) is 4.74 Å². The van der Waals surface area contributed by atoms with Gasteiger partial charge in [-0.2, -0.15) is 5.26 Å². The molecule has 0 aliphatic carbocycles. The number of imidazole rings is 1. The number of carbonyl (C=O) groups excluding carboxylic acids is 1. The minimum absolute atomic E-state index is 0.0763.